The van der Waals surface area contributed by atoms with Crippen molar-refractivity contribution >= 4 is 0 Å². The Hall–Kier alpha value is -0.300. The second-order valence-corrected chi connectivity index (χ2v) is 14.6. The lowest BCUT2D eigenvalue weighted by molar-refractivity contribution is -0.239. The Morgan fingerprint density at radius 3 is 2.03 bits per heavy atom. The minimum absolute atomic E-state index is 0.0676. The molecule has 4 saturated carbocycles. The van der Waals surface area contributed by atoms with Crippen molar-refractivity contribution in [3.8, 4) is 0 Å². The normalized spacial score (nSPS) is 53.6. The van der Waals surface area contributed by atoms with E-state index in [1.54, 1.807) is 0 Å². The Kier molecular flexibility index (Phi) is 4.82. The summed E-state index contributed by atoms with van der Waals surface area (Å²) < 4.78 is 0. The first-order valence-electron chi connectivity index (χ1n) is 13.7. The van der Waals surface area contributed by atoms with E-state index >= 15 is 0 Å². The van der Waals surface area contributed by atoms with E-state index in [4.69, 9.17) is 0 Å². The van der Waals surface area contributed by atoms with E-state index in [2.05, 4.69) is 55.4 Å². The predicted molar refractivity (Wildman–Crippen MR) is 131 cm³/mol. The van der Waals surface area contributed by atoms with Gasteiger partial charge in [-0.25, -0.2) is 0 Å². The maximum absolute atomic E-state index is 10.9. The quantitative estimate of drug-likeness (QED) is 0.419. The van der Waals surface area contributed by atoms with Gasteiger partial charge in [-0.1, -0.05) is 66.5 Å². The first kappa shape index (κ1) is 22.5. The molecule has 5 rings (SSSR count). The average molecular weight is 427 g/mol. The number of aliphatic hydroxyl groups excluding tert-OH is 1. The van der Waals surface area contributed by atoms with Gasteiger partial charge in [-0.05, 0) is 115 Å². The van der Waals surface area contributed by atoms with Crippen molar-refractivity contribution in [3.63, 3.8) is 0 Å². The summed E-state index contributed by atoms with van der Waals surface area (Å²) in [6, 6.07) is 0. The van der Waals surface area contributed by atoms with Gasteiger partial charge in [-0.2, -0.15) is 0 Å². The highest BCUT2D eigenvalue weighted by Crippen LogP contribution is 2.77. The lowest BCUT2D eigenvalue weighted by atomic mass is 9.32. The molecule has 4 fully saturated rings. The molecule has 1 N–H and O–H groups in total. The molecule has 176 valence electrons. The molecule has 0 bridgehead atoms. The van der Waals surface area contributed by atoms with E-state index in [0.717, 1.165) is 24.2 Å². The average Bonchev–Trinajstić information content (AvgIpc) is 3.03. The third-order valence-electron chi connectivity index (χ3n) is 13.2. The highest BCUT2D eigenvalue weighted by atomic mass is 16.3. The molecular formula is C30H50O. The third-order valence-corrected chi connectivity index (χ3v) is 13.2. The fourth-order valence-electron chi connectivity index (χ4n) is 11.3. The van der Waals surface area contributed by atoms with E-state index in [-0.39, 0.29) is 11.5 Å². The van der Waals surface area contributed by atoms with Gasteiger partial charge in [0.05, 0.1) is 6.10 Å². The van der Waals surface area contributed by atoms with Crippen LogP contribution in [-0.4, -0.2) is 11.2 Å². The third kappa shape index (κ3) is 2.60. The first-order valence-corrected chi connectivity index (χ1v) is 13.7. The van der Waals surface area contributed by atoms with Crippen LogP contribution in [-0.2, 0) is 0 Å². The summed E-state index contributed by atoms with van der Waals surface area (Å²) in [7, 11) is 0. The van der Waals surface area contributed by atoms with Crippen LogP contribution in [0.3, 0.4) is 0 Å². The van der Waals surface area contributed by atoms with Crippen molar-refractivity contribution in [2.75, 3.05) is 0 Å². The van der Waals surface area contributed by atoms with Crippen LogP contribution < -0.4 is 0 Å². The van der Waals surface area contributed by atoms with E-state index in [1.165, 1.54) is 57.8 Å². The highest BCUT2D eigenvalue weighted by Gasteiger charge is 2.69. The summed E-state index contributed by atoms with van der Waals surface area (Å²) in [5, 5.41) is 10.9. The van der Waals surface area contributed by atoms with Crippen molar-refractivity contribution in [1.82, 2.24) is 0 Å². The molecule has 8 atom stereocenters. The number of hydrogen-bond acceptors (Lipinski definition) is 1. The van der Waals surface area contributed by atoms with Gasteiger partial charge in [0.1, 0.15) is 0 Å². The molecule has 0 heterocycles. The lowest BCUT2D eigenvalue weighted by Gasteiger charge is -2.73. The molecule has 31 heavy (non-hydrogen) atoms. The van der Waals surface area contributed by atoms with Gasteiger partial charge in [0.2, 0.25) is 0 Å². The van der Waals surface area contributed by atoms with E-state index in [0.29, 0.717) is 27.6 Å². The van der Waals surface area contributed by atoms with Crippen LogP contribution in [0.4, 0.5) is 0 Å². The molecule has 1 heteroatoms. The summed E-state index contributed by atoms with van der Waals surface area (Å²) in [5.41, 5.74) is 5.57. The second-order valence-electron chi connectivity index (χ2n) is 14.6. The molecule has 0 aromatic rings. The van der Waals surface area contributed by atoms with Gasteiger partial charge in [0, 0.05) is 0 Å². The van der Waals surface area contributed by atoms with Crippen LogP contribution in [0.15, 0.2) is 11.1 Å². The zero-order chi connectivity index (χ0) is 22.6. The molecule has 0 spiro atoms. The van der Waals surface area contributed by atoms with Gasteiger partial charge < -0.3 is 5.11 Å². The van der Waals surface area contributed by atoms with Crippen LogP contribution >= 0.6 is 0 Å². The Bertz CT molecular complexity index is 790. The van der Waals surface area contributed by atoms with Crippen LogP contribution in [0, 0.1) is 50.7 Å². The zero-order valence-corrected chi connectivity index (χ0v) is 21.9. The fraction of sp³-hybridized carbons (Fsp3) is 0.933. The topological polar surface area (TPSA) is 20.2 Å². The second kappa shape index (κ2) is 6.64. The van der Waals surface area contributed by atoms with Crippen LogP contribution in [0.1, 0.15) is 120 Å². The maximum atomic E-state index is 10.9. The molecule has 1 nitrogen and oxygen atoms in total. The molecule has 0 aromatic carbocycles. The SMILES string of the molecule is CC(C)C1=C2CC[C@]3(C)[C@H](CC[C@@H]4[C@@]5(C)CCC(O)C(C)(C)[C@@H]5CC[C@]43C)[C@@]2(C)CC1. The van der Waals surface area contributed by atoms with Crippen LogP contribution in [0.25, 0.3) is 0 Å². The minimum Gasteiger partial charge on any atom is -0.393 e. The summed E-state index contributed by atoms with van der Waals surface area (Å²) >= 11 is 0. The number of allylic oxidation sites excluding steroid dienone is 2. The van der Waals surface area contributed by atoms with E-state index in [1.807, 2.05) is 11.1 Å². The highest BCUT2D eigenvalue weighted by molar-refractivity contribution is 5.35. The van der Waals surface area contributed by atoms with Crippen LogP contribution in [0.5, 0.6) is 0 Å². The summed E-state index contributed by atoms with van der Waals surface area (Å²) in [4.78, 5) is 0. The smallest absolute Gasteiger partial charge is 0.0594 e. The Balaban J connectivity index is 1.55. The van der Waals surface area contributed by atoms with Gasteiger partial charge >= 0.3 is 0 Å². The van der Waals surface area contributed by atoms with Crippen LogP contribution in [0.2, 0.25) is 0 Å². The predicted octanol–water partition coefficient (Wildman–Crippen LogP) is 8.17. The number of rotatable bonds is 1. The van der Waals surface area contributed by atoms with Gasteiger partial charge in [-0.3, -0.25) is 0 Å². The summed E-state index contributed by atoms with van der Waals surface area (Å²) in [6.45, 7) is 20.4. The Morgan fingerprint density at radius 2 is 1.35 bits per heavy atom. The van der Waals surface area contributed by atoms with Gasteiger partial charge in [0.15, 0.2) is 0 Å². The van der Waals surface area contributed by atoms with E-state index < -0.39 is 0 Å². The lowest BCUT2D eigenvalue weighted by Crippen LogP contribution is -2.66. The Morgan fingerprint density at radius 1 is 0.710 bits per heavy atom. The number of aliphatic hydroxyl groups is 1. The maximum Gasteiger partial charge on any atom is 0.0594 e. The molecule has 0 aliphatic heterocycles. The molecule has 5 aliphatic rings. The number of hydrogen-bond donors (Lipinski definition) is 1. The van der Waals surface area contributed by atoms with Crippen molar-refractivity contribution in [3.05, 3.63) is 11.1 Å². The zero-order valence-electron chi connectivity index (χ0n) is 21.9. The molecule has 1 unspecified atom stereocenters. The van der Waals surface area contributed by atoms with Crippen molar-refractivity contribution in [2.45, 2.75) is 126 Å². The Labute approximate surface area is 192 Å². The van der Waals surface area contributed by atoms with Crippen molar-refractivity contribution in [2.24, 2.45) is 50.7 Å². The standard InChI is InChI=1S/C30H50O/c1-19(2)20-11-15-27(5)21(20)12-17-29(7)23(27)9-10-24-28(6)16-14-25(31)26(3,4)22(28)13-18-30(24,29)8/h19,22-25,31H,9-18H2,1-8H3/t22-,23+,24+,25?,27-,28-,29+,30+/m0/s1. The first-order chi connectivity index (χ1) is 14.3. The monoisotopic (exact) mass is 426 g/mol. The molecule has 0 saturated heterocycles. The molecule has 0 radical (unpaired) electrons. The van der Waals surface area contributed by atoms with Crippen molar-refractivity contribution < 1.29 is 5.11 Å². The van der Waals surface area contributed by atoms with Gasteiger partial charge in [0.25, 0.3) is 0 Å². The minimum atomic E-state index is -0.115. The van der Waals surface area contributed by atoms with Gasteiger partial charge in [-0.15, -0.1) is 0 Å². The summed E-state index contributed by atoms with van der Waals surface area (Å²) in [5.74, 6) is 3.10. The molecule has 0 aromatic heterocycles. The molecular weight excluding hydrogens is 376 g/mol. The van der Waals surface area contributed by atoms with E-state index in [9.17, 15) is 5.11 Å². The molecule has 0 amide bonds. The summed E-state index contributed by atoms with van der Waals surface area (Å²) in [6.07, 6.45) is 13.3. The fourth-order valence-corrected chi connectivity index (χ4v) is 11.3. The molecule has 5 aliphatic carbocycles. The number of fused-ring (bicyclic) bond motifs is 7. The van der Waals surface area contributed by atoms with Crippen molar-refractivity contribution in [1.29, 1.82) is 0 Å². The largest absolute Gasteiger partial charge is 0.393 e.